The van der Waals surface area contributed by atoms with Crippen molar-refractivity contribution < 1.29 is 9.53 Å². The highest BCUT2D eigenvalue weighted by Crippen LogP contribution is 2.35. The van der Waals surface area contributed by atoms with Gasteiger partial charge in [0.15, 0.2) is 0 Å². The number of aryl methyl sites for hydroxylation is 3. The Morgan fingerprint density at radius 1 is 0.862 bits per heavy atom. The number of benzene rings is 3. The van der Waals surface area contributed by atoms with Crippen LogP contribution < -0.4 is 4.90 Å². The van der Waals surface area contributed by atoms with E-state index in [2.05, 4.69) is 99.0 Å². The van der Waals surface area contributed by atoms with E-state index >= 15 is 0 Å². The molecule has 0 N–H and O–H groups in total. The molecule has 0 radical (unpaired) electrons. The van der Waals surface area contributed by atoms with Gasteiger partial charge in [-0.3, -0.25) is 0 Å². The van der Waals surface area contributed by atoms with E-state index in [0.717, 1.165) is 22.6 Å². The lowest BCUT2D eigenvalue weighted by Gasteiger charge is -2.26. The first-order valence-corrected chi connectivity index (χ1v) is 9.80. The van der Waals surface area contributed by atoms with Gasteiger partial charge in [-0.05, 0) is 73.9 Å². The number of esters is 1. The molecule has 0 aliphatic rings. The quantitative estimate of drug-likeness (QED) is 0.350. The minimum absolute atomic E-state index is 0.350. The van der Waals surface area contributed by atoms with Gasteiger partial charge in [0.2, 0.25) is 0 Å². The molecule has 0 fully saturated rings. The van der Waals surface area contributed by atoms with Crippen LogP contribution in [0.4, 0.5) is 17.1 Å². The Morgan fingerprint density at radius 2 is 1.45 bits per heavy atom. The number of ether oxygens (including phenoxy) is 1. The summed E-state index contributed by atoms with van der Waals surface area (Å²) in [5.41, 5.74) is 8.23. The maximum absolute atomic E-state index is 11.2. The molecule has 0 heterocycles. The molecular formula is C26H27NO2. The van der Waals surface area contributed by atoms with Crippen molar-refractivity contribution in [1.29, 1.82) is 0 Å². The van der Waals surface area contributed by atoms with Gasteiger partial charge in [-0.2, -0.15) is 0 Å². The predicted molar refractivity (Wildman–Crippen MR) is 120 cm³/mol. The van der Waals surface area contributed by atoms with Gasteiger partial charge in [0.25, 0.3) is 0 Å². The van der Waals surface area contributed by atoms with Crippen LogP contribution in [0.5, 0.6) is 0 Å². The number of hydrogen-bond donors (Lipinski definition) is 0. The van der Waals surface area contributed by atoms with Crippen LogP contribution in [0.25, 0.3) is 0 Å². The highest BCUT2D eigenvalue weighted by molar-refractivity contribution is 5.81. The number of hydrogen-bond acceptors (Lipinski definition) is 3. The third-order valence-corrected chi connectivity index (χ3v) is 5.04. The van der Waals surface area contributed by atoms with Gasteiger partial charge in [-0.25, -0.2) is 4.79 Å². The van der Waals surface area contributed by atoms with Gasteiger partial charge < -0.3 is 9.64 Å². The third-order valence-electron chi connectivity index (χ3n) is 5.04. The molecule has 0 aliphatic carbocycles. The Hall–Kier alpha value is -3.33. The Balaban J connectivity index is 1.89. The molecule has 0 aromatic heterocycles. The summed E-state index contributed by atoms with van der Waals surface area (Å²) in [4.78, 5) is 13.4. The average Bonchev–Trinajstić information content (AvgIpc) is 2.73. The zero-order valence-corrected chi connectivity index (χ0v) is 17.3. The summed E-state index contributed by atoms with van der Waals surface area (Å²) in [6.45, 7) is 10.1. The van der Waals surface area contributed by atoms with Crippen molar-refractivity contribution in [2.45, 2.75) is 27.2 Å². The van der Waals surface area contributed by atoms with E-state index in [4.69, 9.17) is 4.74 Å². The molecule has 0 bridgehead atoms. The maximum Gasteiger partial charge on any atom is 0.330 e. The van der Waals surface area contributed by atoms with Crippen molar-refractivity contribution in [2.75, 3.05) is 11.5 Å². The van der Waals surface area contributed by atoms with Gasteiger partial charge in [0, 0.05) is 29.6 Å². The van der Waals surface area contributed by atoms with Crippen LogP contribution >= 0.6 is 0 Å². The van der Waals surface area contributed by atoms with E-state index in [0.29, 0.717) is 13.0 Å². The second-order valence-electron chi connectivity index (χ2n) is 7.23. The monoisotopic (exact) mass is 385 g/mol. The Morgan fingerprint density at radius 3 is 2.03 bits per heavy atom. The van der Waals surface area contributed by atoms with Crippen LogP contribution in [0.15, 0.2) is 79.4 Å². The predicted octanol–water partition coefficient (Wildman–Crippen LogP) is 6.35. The normalized spacial score (nSPS) is 10.4. The van der Waals surface area contributed by atoms with Crippen molar-refractivity contribution in [3.05, 3.63) is 102 Å². The van der Waals surface area contributed by atoms with E-state index in [1.165, 1.54) is 22.8 Å². The Bertz CT molecular complexity index is 988. The first kappa shape index (κ1) is 20.4. The van der Waals surface area contributed by atoms with Gasteiger partial charge in [0.1, 0.15) is 0 Å². The van der Waals surface area contributed by atoms with Crippen molar-refractivity contribution in [2.24, 2.45) is 0 Å². The van der Waals surface area contributed by atoms with Crippen LogP contribution in [0.1, 0.15) is 22.3 Å². The summed E-state index contributed by atoms with van der Waals surface area (Å²) >= 11 is 0. The number of nitrogens with zero attached hydrogens (tertiary/aromatic N) is 1. The molecule has 3 nitrogen and oxygen atoms in total. The Kier molecular flexibility index (Phi) is 6.50. The molecule has 3 heteroatoms. The molecule has 0 amide bonds. The summed E-state index contributed by atoms with van der Waals surface area (Å²) in [6, 6.07) is 23.5. The largest absolute Gasteiger partial charge is 0.462 e. The highest BCUT2D eigenvalue weighted by Gasteiger charge is 2.13. The van der Waals surface area contributed by atoms with E-state index < -0.39 is 0 Å². The lowest BCUT2D eigenvalue weighted by atomic mass is 10.1. The first-order chi connectivity index (χ1) is 14.0. The average molecular weight is 386 g/mol. The molecule has 0 saturated carbocycles. The fraction of sp³-hybridized carbons (Fsp3) is 0.192. The van der Waals surface area contributed by atoms with Crippen molar-refractivity contribution >= 4 is 23.0 Å². The van der Waals surface area contributed by atoms with Crippen LogP contribution in [-0.4, -0.2) is 12.6 Å². The SMILES string of the molecule is C=CC(=O)OCCc1ccc(N(c2ccc(C)cc2)c2ccc(C)c(C)c2)cc1. The molecule has 0 spiro atoms. The standard InChI is InChI=1S/C26H27NO2/c1-5-26(28)29-17-16-22-9-14-24(15-10-22)27(23-11-6-19(2)7-12-23)25-13-8-20(3)21(4)18-25/h5-15,18H,1,16-17H2,2-4H3. The molecule has 148 valence electrons. The van der Waals surface area contributed by atoms with Gasteiger partial charge in [-0.15, -0.1) is 0 Å². The minimum atomic E-state index is -0.387. The molecule has 29 heavy (non-hydrogen) atoms. The van der Waals surface area contributed by atoms with E-state index in [1.54, 1.807) is 0 Å². The fourth-order valence-electron chi connectivity index (χ4n) is 3.15. The van der Waals surface area contributed by atoms with Crippen LogP contribution in [0.3, 0.4) is 0 Å². The zero-order valence-electron chi connectivity index (χ0n) is 17.3. The molecule has 3 aromatic carbocycles. The molecule has 0 atom stereocenters. The van der Waals surface area contributed by atoms with E-state index in [1.807, 2.05) is 0 Å². The summed E-state index contributed by atoms with van der Waals surface area (Å²) in [7, 11) is 0. The molecule has 3 aromatic rings. The number of carbonyl (C=O) groups excluding carboxylic acids is 1. The van der Waals surface area contributed by atoms with Gasteiger partial charge in [0.05, 0.1) is 6.61 Å². The van der Waals surface area contributed by atoms with E-state index in [9.17, 15) is 4.79 Å². The maximum atomic E-state index is 11.2. The first-order valence-electron chi connectivity index (χ1n) is 9.80. The number of rotatable bonds is 7. The smallest absolute Gasteiger partial charge is 0.330 e. The number of carbonyl (C=O) groups is 1. The van der Waals surface area contributed by atoms with E-state index in [-0.39, 0.29) is 5.97 Å². The van der Waals surface area contributed by atoms with Crippen LogP contribution in [0, 0.1) is 20.8 Å². The van der Waals surface area contributed by atoms with Crippen molar-refractivity contribution in [3.63, 3.8) is 0 Å². The Labute approximate surface area is 173 Å². The van der Waals surface area contributed by atoms with Crippen LogP contribution in [-0.2, 0) is 16.0 Å². The second kappa shape index (κ2) is 9.24. The summed E-state index contributed by atoms with van der Waals surface area (Å²) in [5.74, 6) is -0.387. The van der Waals surface area contributed by atoms with Gasteiger partial charge in [-0.1, -0.05) is 42.5 Å². The summed E-state index contributed by atoms with van der Waals surface area (Å²) in [5, 5.41) is 0. The zero-order chi connectivity index (χ0) is 20.8. The highest BCUT2D eigenvalue weighted by atomic mass is 16.5. The fourth-order valence-corrected chi connectivity index (χ4v) is 3.15. The summed E-state index contributed by atoms with van der Waals surface area (Å²) in [6.07, 6.45) is 1.86. The third kappa shape index (κ3) is 5.14. The minimum Gasteiger partial charge on any atom is -0.462 e. The van der Waals surface area contributed by atoms with Gasteiger partial charge >= 0.3 is 5.97 Å². The summed E-state index contributed by atoms with van der Waals surface area (Å²) < 4.78 is 5.08. The molecule has 0 aliphatic heterocycles. The molecule has 0 saturated heterocycles. The number of anilines is 3. The molecular weight excluding hydrogens is 358 g/mol. The van der Waals surface area contributed by atoms with Crippen molar-refractivity contribution in [3.8, 4) is 0 Å². The topological polar surface area (TPSA) is 29.5 Å². The molecule has 3 rings (SSSR count). The van der Waals surface area contributed by atoms with Crippen molar-refractivity contribution in [1.82, 2.24) is 0 Å². The molecule has 0 unspecified atom stereocenters. The second-order valence-corrected chi connectivity index (χ2v) is 7.23. The lowest BCUT2D eigenvalue weighted by molar-refractivity contribution is -0.137. The lowest BCUT2D eigenvalue weighted by Crippen LogP contribution is -2.10. The van der Waals surface area contributed by atoms with Crippen LogP contribution in [0.2, 0.25) is 0 Å².